The van der Waals surface area contributed by atoms with E-state index in [9.17, 15) is 0 Å². The molecule has 0 fully saturated rings. The number of hydrogen-bond acceptors (Lipinski definition) is 3. The van der Waals surface area contributed by atoms with E-state index in [1.54, 1.807) is 0 Å². The number of rotatable bonds is 2. The molecule has 2 rings (SSSR count). The Bertz CT molecular complexity index is 429. The van der Waals surface area contributed by atoms with Gasteiger partial charge in [-0.05, 0) is 30.5 Å². The van der Waals surface area contributed by atoms with E-state index in [2.05, 4.69) is 28.3 Å². The van der Waals surface area contributed by atoms with Gasteiger partial charge in [-0.3, -0.25) is 4.99 Å². The number of hydrogen-bond donors (Lipinski definition) is 1. The zero-order chi connectivity index (χ0) is 12.3. The molecule has 1 N–H and O–H groups in total. The molecule has 92 valence electrons. The molecule has 0 amide bonds. The van der Waals surface area contributed by atoms with E-state index < -0.39 is 0 Å². The van der Waals surface area contributed by atoms with Gasteiger partial charge in [-0.15, -0.1) is 0 Å². The van der Waals surface area contributed by atoms with Crippen molar-refractivity contribution in [3.63, 3.8) is 0 Å². The quantitative estimate of drug-likeness (QED) is 0.874. The van der Waals surface area contributed by atoms with Crippen LogP contribution in [0.5, 0.6) is 0 Å². The lowest BCUT2D eigenvalue weighted by Crippen LogP contribution is -2.41. The highest BCUT2D eigenvalue weighted by atomic mass is 35.5. The summed E-state index contributed by atoms with van der Waals surface area (Å²) >= 11 is 6.00. The second kappa shape index (κ2) is 5.41. The van der Waals surface area contributed by atoms with Crippen LogP contribution in [0, 0.1) is 6.92 Å². The molecule has 17 heavy (non-hydrogen) atoms. The average Bonchev–Trinajstić information content (AvgIpc) is 2.32. The van der Waals surface area contributed by atoms with E-state index in [-0.39, 0.29) is 0 Å². The number of aryl methyl sites for hydroxylation is 1. The van der Waals surface area contributed by atoms with Gasteiger partial charge in [0.1, 0.15) is 0 Å². The molecule has 1 aromatic rings. The molecule has 0 bridgehead atoms. The van der Waals surface area contributed by atoms with Crippen LogP contribution in [0.15, 0.2) is 23.2 Å². The van der Waals surface area contributed by atoms with Crippen molar-refractivity contribution in [2.75, 3.05) is 20.1 Å². The van der Waals surface area contributed by atoms with Crippen molar-refractivity contribution in [1.29, 1.82) is 0 Å². The molecule has 0 unspecified atom stereocenters. The molecular formula is C13H18ClN3. The number of nitrogens with zero attached hydrogens (tertiary/aromatic N) is 2. The summed E-state index contributed by atoms with van der Waals surface area (Å²) in [5.41, 5.74) is 2.35. The van der Waals surface area contributed by atoms with Crippen LogP contribution < -0.4 is 5.32 Å². The third kappa shape index (κ3) is 3.13. The van der Waals surface area contributed by atoms with Gasteiger partial charge in [-0.1, -0.05) is 23.7 Å². The third-order valence-electron chi connectivity index (χ3n) is 2.95. The molecule has 0 radical (unpaired) electrons. The first-order chi connectivity index (χ1) is 8.16. The van der Waals surface area contributed by atoms with E-state index in [1.807, 2.05) is 19.1 Å². The molecular weight excluding hydrogens is 234 g/mol. The molecule has 0 saturated heterocycles. The van der Waals surface area contributed by atoms with Crippen molar-refractivity contribution in [3.05, 3.63) is 34.3 Å². The van der Waals surface area contributed by atoms with Crippen LogP contribution in [0.1, 0.15) is 17.5 Å². The Morgan fingerprint density at radius 3 is 3.00 bits per heavy atom. The van der Waals surface area contributed by atoms with Crippen molar-refractivity contribution in [1.82, 2.24) is 10.2 Å². The Morgan fingerprint density at radius 2 is 2.29 bits per heavy atom. The third-order valence-corrected chi connectivity index (χ3v) is 3.37. The van der Waals surface area contributed by atoms with Crippen LogP contribution in [0.3, 0.4) is 0 Å². The molecule has 1 aliphatic heterocycles. The van der Waals surface area contributed by atoms with E-state index in [4.69, 9.17) is 11.6 Å². The molecule has 0 saturated carbocycles. The summed E-state index contributed by atoms with van der Waals surface area (Å²) in [4.78, 5) is 6.63. The maximum atomic E-state index is 6.00. The predicted octanol–water partition coefficient (Wildman–Crippen LogP) is 2.43. The van der Waals surface area contributed by atoms with Gasteiger partial charge in [0.15, 0.2) is 5.96 Å². The normalized spacial score (nSPS) is 15.7. The van der Waals surface area contributed by atoms with Crippen molar-refractivity contribution in [2.24, 2.45) is 4.99 Å². The van der Waals surface area contributed by atoms with Crippen molar-refractivity contribution < 1.29 is 0 Å². The maximum Gasteiger partial charge on any atom is 0.193 e. The fraction of sp³-hybridized carbons (Fsp3) is 0.462. The fourth-order valence-corrected chi connectivity index (χ4v) is 2.03. The first-order valence-electron chi connectivity index (χ1n) is 5.91. The standard InChI is InChI=1S/C13H18ClN3/c1-10-8-11(4-5-12(10)14)9-16-13-15-6-3-7-17(13)2/h4-5,8H,3,6-7,9H2,1-2H3,(H,15,16). The Morgan fingerprint density at radius 1 is 1.47 bits per heavy atom. The second-order valence-corrected chi connectivity index (χ2v) is 4.82. The van der Waals surface area contributed by atoms with Crippen molar-refractivity contribution >= 4 is 17.6 Å². The topological polar surface area (TPSA) is 27.6 Å². The Balaban J connectivity index is 1.97. The molecule has 1 aliphatic rings. The minimum absolute atomic E-state index is 0.793. The van der Waals surface area contributed by atoms with Gasteiger partial charge in [0.05, 0.1) is 0 Å². The Labute approximate surface area is 107 Å². The highest BCUT2D eigenvalue weighted by Crippen LogP contribution is 2.16. The lowest BCUT2D eigenvalue weighted by Gasteiger charge is -2.25. The molecule has 1 aromatic carbocycles. The van der Waals surface area contributed by atoms with E-state index in [1.165, 1.54) is 5.56 Å². The molecule has 0 atom stereocenters. The first kappa shape index (κ1) is 12.2. The predicted molar refractivity (Wildman–Crippen MR) is 72.6 cm³/mol. The zero-order valence-electron chi connectivity index (χ0n) is 10.3. The van der Waals surface area contributed by atoms with Crippen LogP contribution in [-0.4, -0.2) is 31.0 Å². The van der Waals surface area contributed by atoms with Gasteiger partial charge in [0, 0.05) is 31.7 Å². The molecule has 0 aliphatic carbocycles. The lowest BCUT2D eigenvalue weighted by molar-refractivity contribution is 0.446. The van der Waals surface area contributed by atoms with Crippen LogP contribution in [-0.2, 0) is 6.54 Å². The van der Waals surface area contributed by atoms with Crippen LogP contribution in [0.2, 0.25) is 5.02 Å². The van der Waals surface area contributed by atoms with Gasteiger partial charge in [-0.25, -0.2) is 0 Å². The van der Waals surface area contributed by atoms with E-state index in [0.29, 0.717) is 0 Å². The number of nitrogens with one attached hydrogen (secondary N) is 1. The van der Waals surface area contributed by atoms with Crippen molar-refractivity contribution in [3.8, 4) is 0 Å². The lowest BCUT2D eigenvalue weighted by atomic mass is 10.1. The second-order valence-electron chi connectivity index (χ2n) is 4.42. The summed E-state index contributed by atoms with van der Waals surface area (Å²) in [7, 11) is 2.07. The zero-order valence-corrected chi connectivity index (χ0v) is 11.1. The minimum Gasteiger partial charge on any atom is -0.352 e. The van der Waals surface area contributed by atoms with E-state index >= 15 is 0 Å². The molecule has 1 heterocycles. The number of aliphatic imine (C=N–C) groups is 1. The average molecular weight is 252 g/mol. The van der Waals surface area contributed by atoms with Crippen LogP contribution in [0.4, 0.5) is 0 Å². The molecule has 0 spiro atoms. The van der Waals surface area contributed by atoms with Gasteiger partial charge < -0.3 is 10.2 Å². The Kier molecular flexibility index (Phi) is 3.89. The van der Waals surface area contributed by atoms with Gasteiger partial charge in [0.25, 0.3) is 0 Å². The summed E-state index contributed by atoms with van der Waals surface area (Å²) in [6, 6.07) is 6.10. The summed E-state index contributed by atoms with van der Waals surface area (Å²) in [6.45, 7) is 4.81. The largest absolute Gasteiger partial charge is 0.352 e. The monoisotopic (exact) mass is 251 g/mol. The van der Waals surface area contributed by atoms with Crippen LogP contribution in [0.25, 0.3) is 0 Å². The maximum absolute atomic E-state index is 6.00. The van der Waals surface area contributed by atoms with Gasteiger partial charge in [0.2, 0.25) is 0 Å². The summed E-state index contributed by atoms with van der Waals surface area (Å²) in [5, 5.41) is 4.19. The smallest absolute Gasteiger partial charge is 0.193 e. The fourth-order valence-electron chi connectivity index (χ4n) is 1.91. The number of guanidine groups is 1. The van der Waals surface area contributed by atoms with E-state index in [0.717, 1.165) is 42.6 Å². The molecule has 4 heteroatoms. The summed E-state index contributed by atoms with van der Waals surface area (Å²) < 4.78 is 0. The minimum atomic E-state index is 0.793. The number of halogens is 1. The van der Waals surface area contributed by atoms with Gasteiger partial charge >= 0.3 is 0 Å². The van der Waals surface area contributed by atoms with Crippen molar-refractivity contribution in [2.45, 2.75) is 19.9 Å². The number of benzene rings is 1. The summed E-state index contributed by atoms with van der Waals surface area (Å²) in [6.07, 6.45) is 1.14. The molecule has 0 aromatic heterocycles. The van der Waals surface area contributed by atoms with Gasteiger partial charge in [-0.2, -0.15) is 0 Å². The molecule has 3 nitrogen and oxygen atoms in total. The Hall–Kier alpha value is -1.22. The summed E-state index contributed by atoms with van der Waals surface area (Å²) in [5.74, 6) is 0.990. The highest BCUT2D eigenvalue weighted by molar-refractivity contribution is 6.31. The SMILES string of the molecule is Cc1cc(CNC2=NCCCN2C)ccc1Cl. The van der Waals surface area contributed by atoms with Crippen LogP contribution >= 0.6 is 11.6 Å². The first-order valence-corrected chi connectivity index (χ1v) is 6.29. The highest BCUT2D eigenvalue weighted by Gasteiger charge is 2.10.